The van der Waals surface area contributed by atoms with E-state index in [0.717, 1.165) is 122 Å². The van der Waals surface area contributed by atoms with Crippen molar-refractivity contribution in [2.24, 2.45) is 0 Å². The molecular weight excluding hydrogens is 1080 g/mol. The Kier molecular flexibility index (Phi) is 62.6. The van der Waals surface area contributed by atoms with Gasteiger partial charge in [0.2, 0.25) is 5.91 Å². The number of unbranched alkanes of at least 4 members (excludes halogenated alkanes) is 25. The van der Waals surface area contributed by atoms with Crippen molar-refractivity contribution in [1.82, 2.24) is 5.32 Å². The molecule has 9 heteroatoms. The molecule has 0 spiro atoms. The van der Waals surface area contributed by atoms with E-state index in [2.05, 4.69) is 165 Å². The van der Waals surface area contributed by atoms with Crippen LogP contribution in [0.1, 0.15) is 271 Å². The highest BCUT2D eigenvalue weighted by Gasteiger charge is 2.23. The van der Waals surface area contributed by atoms with Gasteiger partial charge in [0.15, 0.2) is 0 Å². The SMILES string of the molecule is CC/C=C\C/C=C\C/C=C\C/C=C\C/C=C\C/C=C\C/C=C\C/C=C\C/C=C\C/C=C\C/C=C\CCCCCCCCCC(=O)NC(COP(=O)([O-])OCC[N+](C)(C)C)C(O)/C=C/CC/C=C/CCCCCCCCCCCCCCCCCCC. The molecule has 0 rings (SSSR count). The third kappa shape index (κ3) is 67.6. The fourth-order valence-corrected chi connectivity index (χ4v) is 10.1. The molecule has 0 heterocycles. The number of phosphoric ester groups is 1. The molecule has 0 radical (unpaired) electrons. The minimum atomic E-state index is -4.63. The van der Waals surface area contributed by atoms with Gasteiger partial charge in [-0.15, -0.1) is 0 Å². The number of aliphatic hydroxyl groups is 1. The zero-order valence-corrected chi connectivity index (χ0v) is 56.8. The van der Waals surface area contributed by atoms with E-state index >= 15 is 0 Å². The number of hydrogen-bond acceptors (Lipinski definition) is 6. The van der Waals surface area contributed by atoms with Crippen molar-refractivity contribution in [1.29, 1.82) is 0 Å². The largest absolute Gasteiger partial charge is 0.756 e. The number of rotatable bonds is 62. The number of quaternary nitrogens is 1. The molecule has 0 aromatic heterocycles. The van der Waals surface area contributed by atoms with E-state index in [9.17, 15) is 19.4 Å². The fraction of sp³-hybridized carbons (Fsp3) is 0.649. The predicted molar refractivity (Wildman–Crippen MR) is 375 cm³/mol. The van der Waals surface area contributed by atoms with E-state index in [0.29, 0.717) is 17.4 Å². The van der Waals surface area contributed by atoms with Crippen LogP contribution in [0.2, 0.25) is 0 Å². The predicted octanol–water partition coefficient (Wildman–Crippen LogP) is 21.9. The first-order valence-electron chi connectivity index (χ1n) is 34.8. The maximum Gasteiger partial charge on any atom is 0.268 e. The summed E-state index contributed by atoms with van der Waals surface area (Å²) in [6.07, 6.45) is 102. The zero-order valence-electron chi connectivity index (χ0n) is 56.0. The van der Waals surface area contributed by atoms with E-state index in [-0.39, 0.29) is 12.5 Å². The van der Waals surface area contributed by atoms with Crippen LogP contribution in [0.15, 0.2) is 158 Å². The van der Waals surface area contributed by atoms with Crippen molar-refractivity contribution in [3.05, 3.63) is 158 Å². The van der Waals surface area contributed by atoms with Gasteiger partial charge < -0.3 is 28.8 Å². The molecule has 0 saturated heterocycles. The van der Waals surface area contributed by atoms with Gasteiger partial charge in [-0.2, -0.15) is 0 Å². The Morgan fingerprint density at radius 2 is 0.721 bits per heavy atom. The summed E-state index contributed by atoms with van der Waals surface area (Å²) < 4.78 is 23.4. The minimum absolute atomic E-state index is 0.0163. The Labute approximate surface area is 531 Å². The molecule has 0 fully saturated rings. The fourth-order valence-electron chi connectivity index (χ4n) is 9.35. The molecule has 8 nitrogen and oxygen atoms in total. The molecule has 1 amide bonds. The monoisotopic (exact) mass is 1210 g/mol. The van der Waals surface area contributed by atoms with Gasteiger partial charge in [0.05, 0.1) is 39.9 Å². The molecule has 0 aliphatic rings. The summed E-state index contributed by atoms with van der Waals surface area (Å²) in [5.41, 5.74) is 0. The Bertz CT molecular complexity index is 1960. The van der Waals surface area contributed by atoms with Crippen molar-refractivity contribution in [2.45, 2.75) is 283 Å². The van der Waals surface area contributed by atoms with Gasteiger partial charge in [-0.05, 0) is 116 Å². The van der Waals surface area contributed by atoms with Crippen molar-refractivity contribution in [2.75, 3.05) is 40.9 Å². The Morgan fingerprint density at radius 3 is 1.08 bits per heavy atom. The van der Waals surface area contributed by atoms with Crippen molar-refractivity contribution in [3.63, 3.8) is 0 Å². The second kappa shape index (κ2) is 65.6. The zero-order chi connectivity index (χ0) is 62.6. The lowest BCUT2D eigenvalue weighted by atomic mass is 10.0. The van der Waals surface area contributed by atoms with Gasteiger partial charge in [-0.25, -0.2) is 0 Å². The topological polar surface area (TPSA) is 108 Å². The molecule has 86 heavy (non-hydrogen) atoms. The van der Waals surface area contributed by atoms with Gasteiger partial charge in [0.1, 0.15) is 13.2 Å². The summed E-state index contributed by atoms with van der Waals surface area (Å²) in [5, 5.41) is 13.9. The number of likely N-dealkylation sites (N-methyl/N-ethyl adjacent to an activating group) is 1. The van der Waals surface area contributed by atoms with Gasteiger partial charge in [0.25, 0.3) is 7.82 Å². The number of amides is 1. The third-order valence-corrected chi connectivity index (χ3v) is 15.7. The summed E-state index contributed by atoms with van der Waals surface area (Å²) in [5.74, 6) is -0.223. The van der Waals surface area contributed by atoms with Gasteiger partial charge in [-0.1, -0.05) is 307 Å². The van der Waals surface area contributed by atoms with Crippen LogP contribution in [-0.2, 0) is 18.4 Å². The molecule has 0 aromatic carbocycles. The summed E-state index contributed by atoms with van der Waals surface area (Å²) in [4.78, 5) is 25.6. The van der Waals surface area contributed by atoms with Gasteiger partial charge in [-0.3, -0.25) is 9.36 Å². The van der Waals surface area contributed by atoms with E-state index < -0.39 is 26.6 Å². The van der Waals surface area contributed by atoms with E-state index in [1.54, 1.807) is 6.08 Å². The average molecular weight is 1210 g/mol. The summed E-state index contributed by atoms with van der Waals surface area (Å²) >= 11 is 0. The molecule has 0 aliphatic heterocycles. The number of nitrogens with one attached hydrogen (secondary N) is 1. The molecule has 3 unspecified atom stereocenters. The first kappa shape index (κ1) is 82.1. The van der Waals surface area contributed by atoms with Crippen LogP contribution in [0.5, 0.6) is 0 Å². The van der Waals surface area contributed by atoms with E-state index in [4.69, 9.17) is 9.05 Å². The lowest BCUT2D eigenvalue weighted by molar-refractivity contribution is -0.870. The van der Waals surface area contributed by atoms with Crippen LogP contribution in [0.4, 0.5) is 0 Å². The van der Waals surface area contributed by atoms with Crippen LogP contribution in [-0.4, -0.2) is 68.5 Å². The standard InChI is InChI=1S/C77H131N2O6P/c1-6-8-10-12-14-16-18-20-22-24-26-28-30-31-32-33-34-35-36-37-38-39-40-41-42-43-44-45-46-47-49-51-53-55-57-59-61-63-65-67-69-71-77(81)78-75(74-85-86(82,83)84-73-72-79(3,4)5)76(80)70-68-66-64-62-60-58-56-54-52-50-48-29-27-25-23-21-19-17-15-13-11-9-7-2/h8,10,14,16,20,22,26,28,31-32,34-35,37-38,40-41,43-44,46-47,51,53,60,62,68,70,75-76,80H,6-7,9,11-13,15,17-19,21,23-25,27,29-30,33,36,39,42,45,48-50,52,54-59,61,63-67,69,71-74H2,1-5H3,(H-,78,81,82,83)/b10-8-,16-14-,22-20-,28-26-,32-31-,35-34-,38-37-,41-40-,44-43-,47-46-,53-51-,62-60+,70-68+. The quantitative estimate of drug-likeness (QED) is 0.0272. The molecule has 3 atom stereocenters. The van der Waals surface area contributed by atoms with E-state index in [1.807, 2.05) is 27.2 Å². The molecule has 0 aliphatic carbocycles. The van der Waals surface area contributed by atoms with Crippen LogP contribution in [0, 0.1) is 0 Å². The Hall–Kier alpha value is -3.88. The Morgan fingerprint density at radius 1 is 0.419 bits per heavy atom. The number of allylic oxidation sites excluding steroid dienone is 25. The number of carbonyl (C=O) groups is 1. The maximum atomic E-state index is 13.0. The average Bonchev–Trinajstić information content (AvgIpc) is 3.70. The number of phosphoric acid groups is 1. The first-order valence-corrected chi connectivity index (χ1v) is 36.3. The third-order valence-electron chi connectivity index (χ3n) is 14.7. The molecule has 0 aromatic rings. The first-order chi connectivity index (χ1) is 42.0. The van der Waals surface area contributed by atoms with Crippen LogP contribution >= 0.6 is 7.82 Å². The van der Waals surface area contributed by atoms with Crippen molar-refractivity contribution < 1.29 is 32.9 Å². The van der Waals surface area contributed by atoms with E-state index in [1.165, 1.54) is 128 Å². The minimum Gasteiger partial charge on any atom is -0.756 e. The number of aliphatic hydroxyl groups excluding tert-OH is 1. The molecule has 2 N–H and O–H groups in total. The number of nitrogens with zero attached hydrogens (tertiary/aromatic N) is 1. The summed E-state index contributed by atoms with van der Waals surface area (Å²) in [7, 11) is 1.22. The highest BCUT2D eigenvalue weighted by atomic mass is 31.2. The lowest BCUT2D eigenvalue weighted by Crippen LogP contribution is -2.45. The maximum absolute atomic E-state index is 13.0. The molecular formula is C77H131N2O6P. The van der Waals surface area contributed by atoms with Crippen LogP contribution < -0.4 is 10.2 Å². The second-order valence-electron chi connectivity index (χ2n) is 24.1. The number of hydrogen-bond donors (Lipinski definition) is 2. The summed E-state index contributed by atoms with van der Waals surface area (Å²) in [6.45, 7) is 4.51. The highest BCUT2D eigenvalue weighted by Crippen LogP contribution is 2.38. The van der Waals surface area contributed by atoms with Crippen molar-refractivity contribution in [3.8, 4) is 0 Å². The van der Waals surface area contributed by atoms with Gasteiger partial charge >= 0.3 is 0 Å². The molecule has 0 bridgehead atoms. The second-order valence-corrected chi connectivity index (χ2v) is 25.6. The smallest absolute Gasteiger partial charge is 0.268 e. The Balaban J connectivity index is 4.19. The number of carbonyl (C=O) groups excluding carboxylic acids is 1. The van der Waals surface area contributed by atoms with Crippen LogP contribution in [0.25, 0.3) is 0 Å². The highest BCUT2D eigenvalue weighted by molar-refractivity contribution is 7.45. The van der Waals surface area contributed by atoms with Crippen molar-refractivity contribution >= 4 is 13.7 Å². The van der Waals surface area contributed by atoms with Crippen LogP contribution in [0.3, 0.4) is 0 Å². The molecule has 0 saturated carbocycles. The van der Waals surface area contributed by atoms with Gasteiger partial charge in [0, 0.05) is 6.42 Å². The summed E-state index contributed by atoms with van der Waals surface area (Å²) in [6, 6.07) is -0.922. The lowest BCUT2D eigenvalue weighted by Gasteiger charge is -2.29. The molecule has 490 valence electrons. The normalized spacial score (nSPS) is 14.6.